The Kier molecular flexibility index (Phi) is 7.16. The second-order valence-electron chi connectivity index (χ2n) is 8.50. The van der Waals surface area contributed by atoms with Crippen LogP contribution in [0.5, 0.6) is 0 Å². The Labute approximate surface area is 193 Å². The van der Waals surface area contributed by atoms with Gasteiger partial charge in [0.15, 0.2) is 0 Å². The van der Waals surface area contributed by atoms with Crippen LogP contribution in [-0.4, -0.2) is 74.4 Å². The standard InChI is InChI=1S/C23H29N3O6S/c1-33(29,30)13-8-21(26-15-17-4-2-3-5-20(17)23(26)28)22(27)24-14-18-6-7-19(32-18)16-25-9-11-31-12-10-25/h2-7,21H,8-16H2,1H3,(H,24,27)/t21-/m1/s1. The third-order valence-corrected chi connectivity index (χ3v) is 6.90. The lowest BCUT2D eigenvalue weighted by atomic mass is 10.1. The van der Waals surface area contributed by atoms with E-state index in [0.29, 0.717) is 31.1 Å². The van der Waals surface area contributed by atoms with Crippen LogP contribution in [-0.2, 0) is 39.0 Å². The highest BCUT2D eigenvalue weighted by Gasteiger charge is 2.36. The molecule has 2 amide bonds. The Hall–Kier alpha value is -2.69. The minimum atomic E-state index is -3.30. The van der Waals surface area contributed by atoms with E-state index in [1.54, 1.807) is 12.1 Å². The smallest absolute Gasteiger partial charge is 0.255 e. The van der Waals surface area contributed by atoms with Crippen LogP contribution in [0.4, 0.5) is 0 Å². The van der Waals surface area contributed by atoms with Crippen molar-refractivity contribution in [2.45, 2.75) is 32.1 Å². The van der Waals surface area contributed by atoms with Crippen molar-refractivity contribution >= 4 is 21.7 Å². The molecule has 0 saturated carbocycles. The Bertz CT molecular complexity index is 1110. The SMILES string of the molecule is CS(=O)(=O)CC[C@H](C(=O)NCc1ccc(CN2CCOCC2)o1)N1Cc2ccccc2C1=O. The molecular formula is C23H29N3O6S. The zero-order valence-corrected chi connectivity index (χ0v) is 19.5. The minimum Gasteiger partial charge on any atom is -0.463 e. The average molecular weight is 476 g/mol. The molecule has 9 nitrogen and oxygen atoms in total. The van der Waals surface area contributed by atoms with Crippen molar-refractivity contribution in [2.24, 2.45) is 0 Å². The van der Waals surface area contributed by atoms with Gasteiger partial charge in [-0.25, -0.2) is 8.42 Å². The lowest BCUT2D eigenvalue weighted by Gasteiger charge is -2.26. The van der Waals surface area contributed by atoms with Gasteiger partial charge >= 0.3 is 0 Å². The molecule has 2 aliphatic heterocycles. The summed E-state index contributed by atoms with van der Waals surface area (Å²) in [7, 11) is -3.30. The molecule has 1 aromatic heterocycles. The zero-order valence-electron chi connectivity index (χ0n) is 18.7. The molecule has 2 aliphatic rings. The largest absolute Gasteiger partial charge is 0.463 e. The Morgan fingerprint density at radius 1 is 1.12 bits per heavy atom. The van der Waals surface area contributed by atoms with E-state index in [1.165, 1.54) is 4.90 Å². The number of nitrogens with one attached hydrogen (secondary N) is 1. The van der Waals surface area contributed by atoms with E-state index in [4.69, 9.17) is 9.15 Å². The molecule has 33 heavy (non-hydrogen) atoms. The van der Waals surface area contributed by atoms with Gasteiger partial charge in [-0.1, -0.05) is 18.2 Å². The second-order valence-corrected chi connectivity index (χ2v) is 10.8. The molecule has 4 rings (SSSR count). The van der Waals surface area contributed by atoms with Crippen LogP contribution in [0.1, 0.15) is 33.9 Å². The summed E-state index contributed by atoms with van der Waals surface area (Å²) < 4.78 is 34.7. The first kappa shape index (κ1) is 23.5. The first-order valence-corrected chi connectivity index (χ1v) is 13.1. The van der Waals surface area contributed by atoms with Gasteiger partial charge in [0.05, 0.1) is 32.1 Å². The van der Waals surface area contributed by atoms with Crippen molar-refractivity contribution in [3.8, 4) is 0 Å². The maximum atomic E-state index is 13.1. The fraction of sp³-hybridized carbons (Fsp3) is 0.478. The topological polar surface area (TPSA) is 109 Å². The molecule has 0 spiro atoms. The molecule has 1 saturated heterocycles. The van der Waals surface area contributed by atoms with Gasteiger partial charge in [-0.2, -0.15) is 0 Å². The highest BCUT2D eigenvalue weighted by Crippen LogP contribution is 2.26. The summed E-state index contributed by atoms with van der Waals surface area (Å²) >= 11 is 0. The number of hydrogen-bond donors (Lipinski definition) is 1. The van der Waals surface area contributed by atoms with Crippen molar-refractivity contribution < 1.29 is 27.2 Å². The summed E-state index contributed by atoms with van der Waals surface area (Å²) in [6, 6.07) is 10.0. The monoisotopic (exact) mass is 475 g/mol. The van der Waals surface area contributed by atoms with Gasteiger partial charge in [0.1, 0.15) is 27.4 Å². The Balaban J connectivity index is 1.40. The molecule has 178 valence electrons. The molecule has 0 bridgehead atoms. The normalized spacial score (nSPS) is 17.7. The third kappa shape index (κ3) is 6.01. The molecule has 0 radical (unpaired) electrons. The molecule has 2 aromatic rings. The zero-order chi connectivity index (χ0) is 23.4. The van der Waals surface area contributed by atoms with Gasteiger partial charge in [-0.05, 0) is 30.2 Å². The Morgan fingerprint density at radius 2 is 1.85 bits per heavy atom. The molecule has 0 aliphatic carbocycles. The number of morpholine rings is 1. The molecule has 1 fully saturated rings. The first-order chi connectivity index (χ1) is 15.8. The van der Waals surface area contributed by atoms with E-state index < -0.39 is 21.8 Å². The van der Waals surface area contributed by atoms with Gasteiger partial charge in [-0.3, -0.25) is 14.5 Å². The number of carbonyl (C=O) groups excluding carboxylic acids is 2. The van der Waals surface area contributed by atoms with Crippen LogP contribution in [0.3, 0.4) is 0 Å². The quantitative estimate of drug-likeness (QED) is 0.580. The fourth-order valence-electron chi connectivity index (χ4n) is 4.16. The fourth-order valence-corrected chi connectivity index (χ4v) is 4.81. The van der Waals surface area contributed by atoms with Crippen LogP contribution in [0, 0.1) is 0 Å². The van der Waals surface area contributed by atoms with Gasteiger partial charge in [0.25, 0.3) is 5.91 Å². The number of carbonyl (C=O) groups is 2. The number of amides is 2. The molecule has 10 heteroatoms. The number of hydrogen-bond acceptors (Lipinski definition) is 7. The van der Waals surface area contributed by atoms with E-state index in [2.05, 4.69) is 10.2 Å². The van der Waals surface area contributed by atoms with Gasteiger partial charge in [0, 0.05) is 31.5 Å². The highest BCUT2D eigenvalue weighted by molar-refractivity contribution is 7.90. The number of ether oxygens (including phenoxy) is 1. The summed E-state index contributed by atoms with van der Waals surface area (Å²) in [6.07, 6.45) is 1.16. The number of furan rings is 1. The number of sulfone groups is 1. The van der Waals surface area contributed by atoms with Crippen molar-refractivity contribution in [3.63, 3.8) is 0 Å². The van der Waals surface area contributed by atoms with Crippen molar-refractivity contribution in [1.29, 1.82) is 0 Å². The molecule has 3 heterocycles. The van der Waals surface area contributed by atoms with Crippen LogP contribution in [0.2, 0.25) is 0 Å². The predicted molar refractivity (Wildman–Crippen MR) is 121 cm³/mol. The summed E-state index contributed by atoms with van der Waals surface area (Å²) in [5.74, 6) is 0.566. The third-order valence-electron chi connectivity index (χ3n) is 5.93. The van der Waals surface area contributed by atoms with Gasteiger partial charge in [-0.15, -0.1) is 0 Å². The van der Waals surface area contributed by atoms with E-state index >= 15 is 0 Å². The van der Waals surface area contributed by atoms with E-state index in [-0.39, 0.29) is 31.2 Å². The van der Waals surface area contributed by atoms with E-state index in [9.17, 15) is 18.0 Å². The molecular weight excluding hydrogens is 446 g/mol. The van der Waals surface area contributed by atoms with Crippen molar-refractivity contribution in [1.82, 2.24) is 15.1 Å². The van der Waals surface area contributed by atoms with Crippen molar-refractivity contribution in [3.05, 3.63) is 59.0 Å². The number of rotatable bonds is 9. The maximum Gasteiger partial charge on any atom is 0.255 e. The summed E-state index contributed by atoms with van der Waals surface area (Å²) in [5, 5.41) is 2.82. The van der Waals surface area contributed by atoms with Crippen LogP contribution in [0.25, 0.3) is 0 Å². The predicted octanol–water partition coefficient (Wildman–Crippen LogP) is 1.19. The molecule has 1 N–H and O–H groups in total. The summed E-state index contributed by atoms with van der Waals surface area (Å²) in [4.78, 5) is 29.7. The lowest BCUT2D eigenvalue weighted by Crippen LogP contribution is -2.47. The maximum absolute atomic E-state index is 13.1. The molecule has 1 atom stereocenters. The van der Waals surface area contributed by atoms with E-state index in [1.807, 2.05) is 24.3 Å². The lowest BCUT2D eigenvalue weighted by molar-refractivity contribution is -0.126. The van der Waals surface area contributed by atoms with Crippen molar-refractivity contribution in [2.75, 3.05) is 38.3 Å². The summed E-state index contributed by atoms with van der Waals surface area (Å²) in [6.45, 7) is 4.22. The second kappa shape index (κ2) is 10.1. The number of fused-ring (bicyclic) bond motifs is 1. The van der Waals surface area contributed by atoms with Crippen LogP contribution in [0.15, 0.2) is 40.8 Å². The van der Waals surface area contributed by atoms with Gasteiger partial charge in [0.2, 0.25) is 5.91 Å². The van der Waals surface area contributed by atoms with E-state index in [0.717, 1.165) is 30.7 Å². The minimum absolute atomic E-state index is 0.0326. The number of benzene rings is 1. The Morgan fingerprint density at radius 3 is 2.58 bits per heavy atom. The first-order valence-electron chi connectivity index (χ1n) is 11.0. The average Bonchev–Trinajstić information content (AvgIpc) is 3.37. The summed E-state index contributed by atoms with van der Waals surface area (Å²) in [5.41, 5.74) is 1.38. The molecule has 1 aromatic carbocycles. The van der Waals surface area contributed by atoms with Crippen LogP contribution >= 0.6 is 0 Å². The molecule has 0 unspecified atom stereocenters. The van der Waals surface area contributed by atoms with Gasteiger partial charge < -0.3 is 19.4 Å². The number of nitrogens with zero attached hydrogens (tertiary/aromatic N) is 2. The highest BCUT2D eigenvalue weighted by atomic mass is 32.2. The van der Waals surface area contributed by atoms with Crippen LogP contribution < -0.4 is 5.32 Å².